The number of hydrogen-bond acceptors (Lipinski definition) is 5. The van der Waals surface area contributed by atoms with E-state index in [1.807, 2.05) is 25.1 Å². The number of amides is 1. The highest BCUT2D eigenvalue weighted by molar-refractivity contribution is 5.89. The van der Waals surface area contributed by atoms with Crippen molar-refractivity contribution >= 4 is 17.5 Å². The Morgan fingerprint density at radius 3 is 2.60 bits per heavy atom. The largest absolute Gasteiger partial charge is 0.363 e. The average Bonchev–Trinajstić information content (AvgIpc) is 2.48. The van der Waals surface area contributed by atoms with Crippen LogP contribution in [-0.2, 0) is 11.3 Å². The van der Waals surface area contributed by atoms with Crippen molar-refractivity contribution < 1.29 is 4.79 Å². The molecule has 0 bridgehead atoms. The maximum absolute atomic E-state index is 11.4. The fraction of sp³-hybridized carbons (Fsp3) is 0.286. The van der Waals surface area contributed by atoms with Gasteiger partial charge in [0, 0.05) is 12.6 Å². The minimum Gasteiger partial charge on any atom is -0.363 e. The fourth-order valence-electron chi connectivity index (χ4n) is 1.61. The van der Waals surface area contributed by atoms with Crippen molar-refractivity contribution in [1.29, 1.82) is 0 Å². The van der Waals surface area contributed by atoms with Gasteiger partial charge in [0.2, 0.25) is 5.91 Å². The van der Waals surface area contributed by atoms with Crippen molar-refractivity contribution in [1.82, 2.24) is 15.2 Å². The van der Waals surface area contributed by atoms with Crippen LogP contribution in [0.1, 0.15) is 25.5 Å². The molecule has 0 aliphatic heterocycles. The van der Waals surface area contributed by atoms with Crippen LogP contribution in [0.15, 0.2) is 36.5 Å². The molecule has 0 radical (unpaired) electrons. The minimum absolute atomic E-state index is 0.0454. The molecular formula is C14H17N5O. The highest BCUT2D eigenvalue weighted by Crippen LogP contribution is 2.08. The molecule has 0 aliphatic carbocycles. The van der Waals surface area contributed by atoms with Crippen molar-refractivity contribution in [3.8, 4) is 0 Å². The molecule has 2 N–H and O–H groups in total. The molecule has 20 heavy (non-hydrogen) atoms. The van der Waals surface area contributed by atoms with E-state index in [1.54, 1.807) is 18.3 Å². The van der Waals surface area contributed by atoms with Gasteiger partial charge in [0.25, 0.3) is 0 Å². The van der Waals surface area contributed by atoms with Crippen LogP contribution in [0.2, 0.25) is 0 Å². The smallest absolute Gasteiger partial charge is 0.225 e. The maximum Gasteiger partial charge on any atom is 0.225 e. The van der Waals surface area contributed by atoms with Gasteiger partial charge < -0.3 is 10.6 Å². The van der Waals surface area contributed by atoms with Crippen LogP contribution < -0.4 is 10.6 Å². The fourth-order valence-corrected chi connectivity index (χ4v) is 1.61. The molecule has 104 valence electrons. The molecule has 0 aliphatic rings. The summed E-state index contributed by atoms with van der Waals surface area (Å²) in [5, 5.41) is 13.8. The number of anilines is 2. The zero-order valence-corrected chi connectivity index (χ0v) is 11.3. The number of nitrogens with one attached hydrogen (secondary N) is 2. The third-order valence-corrected chi connectivity index (χ3v) is 2.59. The lowest BCUT2D eigenvalue weighted by Crippen LogP contribution is -2.12. The van der Waals surface area contributed by atoms with Crippen molar-refractivity contribution in [2.45, 2.75) is 26.3 Å². The quantitative estimate of drug-likeness (QED) is 0.842. The van der Waals surface area contributed by atoms with E-state index in [2.05, 4.69) is 25.8 Å². The summed E-state index contributed by atoms with van der Waals surface area (Å²) in [6.07, 6.45) is 3.04. The van der Waals surface area contributed by atoms with Crippen LogP contribution in [0.25, 0.3) is 0 Å². The van der Waals surface area contributed by atoms with Gasteiger partial charge in [0.05, 0.1) is 12.2 Å². The van der Waals surface area contributed by atoms with E-state index in [0.717, 1.165) is 12.1 Å². The van der Waals surface area contributed by atoms with E-state index in [1.165, 1.54) is 0 Å². The number of pyridine rings is 1. The summed E-state index contributed by atoms with van der Waals surface area (Å²) >= 11 is 0. The summed E-state index contributed by atoms with van der Waals surface area (Å²) < 4.78 is 0. The monoisotopic (exact) mass is 271 g/mol. The Hall–Kier alpha value is -2.50. The average molecular weight is 271 g/mol. The summed E-state index contributed by atoms with van der Waals surface area (Å²) in [6.45, 7) is 2.53. The zero-order valence-electron chi connectivity index (χ0n) is 11.3. The van der Waals surface area contributed by atoms with Crippen molar-refractivity contribution in [3.05, 3.63) is 42.2 Å². The molecule has 0 saturated heterocycles. The molecule has 0 fully saturated rings. The Morgan fingerprint density at radius 2 is 1.95 bits per heavy atom. The van der Waals surface area contributed by atoms with Crippen LogP contribution in [-0.4, -0.2) is 21.1 Å². The molecule has 0 spiro atoms. The van der Waals surface area contributed by atoms with Gasteiger partial charge in [0.15, 0.2) is 5.82 Å². The van der Waals surface area contributed by atoms with E-state index >= 15 is 0 Å². The van der Waals surface area contributed by atoms with E-state index in [4.69, 9.17) is 0 Å². The van der Waals surface area contributed by atoms with Crippen molar-refractivity contribution in [3.63, 3.8) is 0 Å². The number of hydrogen-bond donors (Lipinski definition) is 2. The molecule has 0 unspecified atom stereocenters. The number of carbonyl (C=O) groups is 1. The maximum atomic E-state index is 11.4. The molecule has 2 aromatic rings. The molecule has 2 heterocycles. The standard InChI is InChI=1S/C14H17N5O/c1-2-5-14(20)17-13-8-7-12(18-19-13)16-10-11-6-3-4-9-15-11/h3-4,6-9H,2,5,10H2,1H3,(H,16,18)(H,17,19,20). The zero-order chi connectivity index (χ0) is 14.2. The lowest BCUT2D eigenvalue weighted by molar-refractivity contribution is -0.116. The van der Waals surface area contributed by atoms with Gasteiger partial charge in [-0.2, -0.15) is 0 Å². The second kappa shape index (κ2) is 7.18. The number of nitrogens with zero attached hydrogens (tertiary/aromatic N) is 3. The molecule has 6 heteroatoms. The molecule has 0 saturated carbocycles. The Morgan fingerprint density at radius 1 is 1.15 bits per heavy atom. The second-order valence-electron chi connectivity index (χ2n) is 4.28. The van der Waals surface area contributed by atoms with Crippen LogP contribution in [0, 0.1) is 0 Å². The number of carbonyl (C=O) groups excluding carboxylic acids is 1. The van der Waals surface area contributed by atoms with Gasteiger partial charge in [-0.15, -0.1) is 10.2 Å². The first-order valence-electron chi connectivity index (χ1n) is 6.55. The van der Waals surface area contributed by atoms with Gasteiger partial charge in [-0.25, -0.2) is 0 Å². The Bertz CT molecular complexity index is 541. The Kier molecular flexibility index (Phi) is 5.00. The lowest BCUT2D eigenvalue weighted by Gasteiger charge is -2.06. The molecule has 0 atom stereocenters. The minimum atomic E-state index is -0.0454. The summed E-state index contributed by atoms with van der Waals surface area (Å²) in [7, 11) is 0. The van der Waals surface area contributed by atoms with E-state index in [-0.39, 0.29) is 5.91 Å². The van der Waals surface area contributed by atoms with Crippen LogP contribution in [0.5, 0.6) is 0 Å². The SMILES string of the molecule is CCCC(=O)Nc1ccc(NCc2ccccn2)nn1. The van der Waals surface area contributed by atoms with Crippen LogP contribution in [0.3, 0.4) is 0 Å². The first-order valence-corrected chi connectivity index (χ1v) is 6.55. The lowest BCUT2D eigenvalue weighted by atomic mass is 10.3. The molecule has 0 aromatic carbocycles. The van der Waals surface area contributed by atoms with Gasteiger partial charge >= 0.3 is 0 Å². The first-order chi connectivity index (χ1) is 9.78. The molecule has 2 aromatic heterocycles. The number of aromatic nitrogens is 3. The van der Waals surface area contributed by atoms with E-state index in [0.29, 0.717) is 24.6 Å². The summed E-state index contributed by atoms with van der Waals surface area (Å²) in [5.74, 6) is 1.06. The van der Waals surface area contributed by atoms with Crippen molar-refractivity contribution in [2.24, 2.45) is 0 Å². The third-order valence-electron chi connectivity index (χ3n) is 2.59. The molecule has 6 nitrogen and oxygen atoms in total. The normalized spacial score (nSPS) is 10.1. The highest BCUT2D eigenvalue weighted by Gasteiger charge is 2.03. The van der Waals surface area contributed by atoms with Gasteiger partial charge in [0.1, 0.15) is 5.82 Å². The molecule has 1 amide bonds. The third kappa shape index (κ3) is 4.31. The predicted molar refractivity (Wildman–Crippen MR) is 77.1 cm³/mol. The molecule has 2 rings (SSSR count). The second-order valence-corrected chi connectivity index (χ2v) is 4.28. The first kappa shape index (κ1) is 13.9. The highest BCUT2D eigenvalue weighted by atomic mass is 16.1. The van der Waals surface area contributed by atoms with Gasteiger partial charge in [-0.3, -0.25) is 9.78 Å². The molecular weight excluding hydrogens is 254 g/mol. The van der Waals surface area contributed by atoms with Gasteiger partial charge in [-0.05, 0) is 30.7 Å². The Balaban J connectivity index is 1.87. The Labute approximate surface area is 117 Å². The van der Waals surface area contributed by atoms with E-state index < -0.39 is 0 Å². The topological polar surface area (TPSA) is 79.8 Å². The summed E-state index contributed by atoms with van der Waals surface area (Å²) in [6, 6.07) is 9.23. The predicted octanol–water partition coefficient (Wildman–Crippen LogP) is 2.22. The summed E-state index contributed by atoms with van der Waals surface area (Å²) in [5.41, 5.74) is 0.926. The summed E-state index contributed by atoms with van der Waals surface area (Å²) in [4.78, 5) is 15.6. The number of rotatable bonds is 6. The van der Waals surface area contributed by atoms with Crippen LogP contribution >= 0.6 is 0 Å². The van der Waals surface area contributed by atoms with E-state index in [9.17, 15) is 4.79 Å². The van der Waals surface area contributed by atoms with Gasteiger partial charge in [-0.1, -0.05) is 13.0 Å². The van der Waals surface area contributed by atoms with Crippen LogP contribution in [0.4, 0.5) is 11.6 Å². The van der Waals surface area contributed by atoms with Crippen molar-refractivity contribution in [2.75, 3.05) is 10.6 Å².